The molecule has 23 heavy (non-hydrogen) atoms. The van der Waals surface area contributed by atoms with Gasteiger partial charge in [-0.3, -0.25) is 0 Å². The fraction of sp³-hybridized carbons (Fsp3) is 0.200. The molecule has 0 spiro atoms. The van der Waals surface area contributed by atoms with Crippen LogP contribution in [0.4, 0.5) is 0 Å². The summed E-state index contributed by atoms with van der Waals surface area (Å²) in [6, 6.07) is 18.8. The highest BCUT2D eigenvalue weighted by atomic mass is 32.2. The van der Waals surface area contributed by atoms with Gasteiger partial charge in [-0.15, -0.1) is 0 Å². The summed E-state index contributed by atoms with van der Waals surface area (Å²) in [6.07, 6.45) is 7.23. The van der Waals surface area contributed by atoms with Gasteiger partial charge in [-0.05, 0) is 41.5 Å². The molecule has 3 atom stereocenters. The maximum absolute atomic E-state index is 13.2. The minimum absolute atomic E-state index is 0.0974. The topological polar surface area (TPSA) is 34.1 Å². The Hall–Kier alpha value is -2.13. The molecule has 2 aromatic carbocycles. The summed E-state index contributed by atoms with van der Waals surface area (Å²) in [5, 5.41) is -0.430. The molecule has 0 N–H and O–H groups in total. The number of sulfone groups is 1. The Morgan fingerprint density at radius 3 is 2.22 bits per heavy atom. The zero-order valence-corrected chi connectivity index (χ0v) is 13.5. The fourth-order valence-electron chi connectivity index (χ4n) is 3.75. The van der Waals surface area contributed by atoms with Crippen molar-refractivity contribution in [3.8, 4) is 0 Å². The molecule has 2 nitrogen and oxygen atoms in total. The normalized spacial score (nSPS) is 27.7. The predicted molar refractivity (Wildman–Crippen MR) is 92.6 cm³/mol. The summed E-state index contributed by atoms with van der Waals surface area (Å²) in [5.74, 6) is 0.351. The Bertz CT molecular complexity index is 864. The van der Waals surface area contributed by atoms with Crippen molar-refractivity contribution in [1.82, 2.24) is 0 Å². The van der Waals surface area contributed by atoms with Crippen LogP contribution in [0.3, 0.4) is 0 Å². The Labute approximate surface area is 137 Å². The van der Waals surface area contributed by atoms with Gasteiger partial charge in [0.15, 0.2) is 9.84 Å². The Morgan fingerprint density at radius 2 is 1.52 bits per heavy atom. The maximum atomic E-state index is 13.2. The number of fused-ring (bicyclic) bond motifs is 2. The maximum Gasteiger partial charge on any atom is 0.185 e. The van der Waals surface area contributed by atoms with Crippen LogP contribution < -0.4 is 0 Å². The predicted octanol–water partition coefficient (Wildman–Crippen LogP) is 4.12. The first kappa shape index (κ1) is 14.5. The lowest BCUT2D eigenvalue weighted by Crippen LogP contribution is -2.27. The molecule has 1 fully saturated rings. The van der Waals surface area contributed by atoms with Gasteiger partial charge in [-0.25, -0.2) is 8.42 Å². The molecule has 0 heterocycles. The molecule has 0 radical (unpaired) electrons. The SMILES string of the molecule is O=S(=O)(c1ccccc1)C1/C(=C/c2ccccc2)C2C=CC1C2. The van der Waals surface area contributed by atoms with Crippen molar-refractivity contribution in [2.45, 2.75) is 16.6 Å². The van der Waals surface area contributed by atoms with Crippen molar-refractivity contribution in [1.29, 1.82) is 0 Å². The van der Waals surface area contributed by atoms with Crippen LogP contribution in [0.25, 0.3) is 6.08 Å². The summed E-state index contributed by atoms with van der Waals surface area (Å²) < 4.78 is 26.3. The lowest BCUT2D eigenvalue weighted by molar-refractivity contribution is 0.573. The van der Waals surface area contributed by atoms with Crippen LogP contribution in [0.2, 0.25) is 0 Å². The number of allylic oxidation sites excluding steroid dienone is 2. The summed E-state index contributed by atoms with van der Waals surface area (Å²) in [7, 11) is -3.36. The Morgan fingerprint density at radius 1 is 0.870 bits per heavy atom. The molecule has 0 saturated heterocycles. The Kier molecular flexibility index (Phi) is 3.46. The first-order valence-electron chi connectivity index (χ1n) is 7.90. The molecule has 2 bridgehead atoms. The van der Waals surface area contributed by atoms with Gasteiger partial charge in [0.05, 0.1) is 10.1 Å². The summed E-state index contributed by atoms with van der Waals surface area (Å²) in [4.78, 5) is 0.421. The molecule has 3 unspecified atom stereocenters. The molecule has 0 aliphatic heterocycles. The second kappa shape index (κ2) is 5.50. The monoisotopic (exact) mass is 322 g/mol. The van der Waals surface area contributed by atoms with Crippen LogP contribution in [-0.4, -0.2) is 13.7 Å². The summed E-state index contributed by atoms with van der Waals surface area (Å²) in [5.41, 5.74) is 2.10. The third-order valence-corrected chi connectivity index (χ3v) is 7.02. The molecule has 0 aromatic heterocycles. The molecular weight excluding hydrogens is 304 g/mol. The molecule has 2 aliphatic rings. The first-order valence-corrected chi connectivity index (χ1v) is 9.45. The van der Waals surface area contributed by atoms with E-state index in [4.69, 9.17) is 0 Å². The summed E-state index contributed by atoms with van der Waals surface area (Å²) >= 11 is 0. The fourth-order valence-corrected chi connectivity index (χ4v) is 5.85. The third kappa shape index (κ3) is 2.45. The molecule has 0 amide bonds. The van der Waals surface area contributed by atoms with Crippen molar-refractivity contribution in [3.63, 3.8) is 0 Å². The van der Waals surface area contributed by atoms with Gasteiger partial charge >= 0.3 is 0 Å². The van der Waals surface area contributed by atoms with Gasteiger partial charge in [0.25, 0.3) is 0 Å². The number of hydrogen-bond acceptors (Lipinski definition) is 2. The van der Waals surface area contributed by atoms with Crippen molar-refractivity contribution >= 4 is 15.9 Å². The van der Waals surface area contributed by atoms with Crippen LogP contribution in [0, 0.1) is 11.8 Å². The van der Waals surface area contributed by atoms with E-state index in [-0.39, 0.29) is 11.8 Å². The standard InChI is InChI=1S/C20H18O2S/c21-23(22,18-9-5-2-6-10-18)20-17-12-11-16(14-17)19(20)13-15-7-3-1-4-8-15/h1-13,16-17,20H,14H2/b19-13+. The second-order valence-electron chi connectivity index (χ2n) is 6.22. The lowest BCUT2D eigenvalue weighted by atomic mass is 9.97. The molecule has 116 valence electrons. The first-order chi connectivity index (χ1) is 11.2. The van der Waals surface area contributed by atoms with Gasteiger partial charge in [0.2, 0.25) is 0 Å². The van der Waals surface area contributed by atoms with E-state index in [9.17, 15) is 8.42 Å². The second-order valence-corrected chi connectivity index (χ2v) is 8.29. The van der Waals surface area contributed by atoms with E-state index < -0.39 is 15.1 Å². The minimum Gasteiger partial charge on any atom is -0.223 e. The van der Waals surface area contributed by atoms with E-state index >= 15 is 0 Å². The zero-order valence-electron chi connectivity index (χ0n) is 12.7. The van der Waals surface area contributed by atoms with Crippen molar-refractivity contribution in [2.24, 2.45) is 11.8 Å². The number of hydrogen-bond donors (Lipinski definition) is 0. The highest BCUT2D eigenvalue weighted by Gasteiger charge is 2.47. The van der Waals surface area contributed by atoms with E-state index in [1.807, 2.05) is 36.4 Å². The largest absolute Gasteiger partial charge is 0.223 e. The summed E-state index contributed by atoms with van der Waals surface area (Å²) in [6.45, 7) is 0. The third-order valence-electron chi connectivity index (χ3n) is 4.80. The number of benzene rings is 2. The van der Waals surface area contributed by atoms with E-state index in [2.05, 4.69) is 18.2 Å². The average molecular weight is 322 g/mol. The lowest BCUT2D eigenvalue weighted by Gasteiger charge is -2.22. The van der Waals surface area contributed by atoms with E-state index in [1.165, 1.54) is 0 Å². The van der Waals surface area contributed by atoms with Crippen LogP contribution >= 0.6 is 0 Å². The van der Waals surface area contributed by atoms with Crippen LogP contribution in [0.5, 0.6) is 0 Å². The van der Waals surface area contributed by atoms with Gasteiger partial charge in [0, 0.05) is 0 Å². The van der Waals surface area contributed by atoms with Crippen LogP contribution in [0.15, 0.2) is 83.3 Å². The van der Waals surface area contributed by atoms with Gasteiger partial charge in [-0.1, -0.05) is 66.8 Å². The molecule has 2 aromatic rings. The number of rotatable bonds is 3. The minimum atomic E-state index is -3.36. The molecule has 3 heteroatoms. The van der Waals surface area contributed by atoms with Gasteiger partial charge in [-0.2, -0.15) is 0 Å². The Balaban J connectivity index is 1.81. The highest BCUT2D eigenvalue weighted by Crippen LogP contribution is 2.48. The van der Waals surface area contributed by atoms with Crippen LogP contribution in [0.1, 0.15) is 12.0 Å². The van der Waals surface area contributed by atoms with Crippen molar-refractivity contribution < 1.29 is 8.42 Å². The zero-order chi connectivity index (χ0) is 15.9. The molecule has 2 aliphatic carbocycles. The quantitative estimate of drug-likeness (QED) is 0.797. The van der Waals surface area contributed by atoms with Crippen molar-refractivity contribution in [2.75, 3.05) is 0 Å². The van der Waals surface area contributed by atoms with Gasteiger partial charge in [0.1, 0.15) is 0 Å². The molecule has 4 rings (SSSR count). The van der Waals surface area contributed by atoms with Gasteiger partial charge < -0.3 is 0 Å². The molecular formula is C20H18O2S. The van der Waals surface area contributed by atoms with Crippen molar-refractivity contribution in [3.05, 3.63) is 84.0 Å². The average Bonchev–Trinajstić information content (AvgIpc) is 3.18. The van der Waals surface area contributed by atoms with E-state index in [0.717, 1.165) is 17.6 Å². The highest BCUT2D eigenvalue weighted by molar-refractivity contribution is 7.92. The molecule has 1 saturated carbocycles. The van der Waals surface area contributed by atoms with Crippen LogP contribution in [-0.2, 0) is 9.84 Å². The smallest absolute Gasteiger partial charge is 0.185 e. The van der Waals surface area contributed by atoms with E-state index in [0.29, 0.717) is 4.90 Å². The van der Waals surface area contributed by atoms with E-state index in [1.54, 1.807) is 24.3 Å².